The van der Waals surface area contributed by atoms with Crippen molar-refractivity contribution in [3.8, 4) is 0 Å². The van der Waals surface area contributed by atoms with E-state index in [0.29, 0.717) is 0 Å². The molecule has 0 bridgehead atoms. The van der Waals surface area contributed by atoms with Gasteiger partial charge in [-0.2, -0.15) is 0 Å². The fourth-order valence-electron chi connectivity index (χ4n) is 1.98. The van der Waals surface area contributed by atoms with Crippen molar-refractivity contribution in [2.24, 2.45) is 0 Å². The van der Waals surface area contributed by atoms with Crippen LogP contribution in [-0.2, 0) is 13.1 Å². The van der Waals surface area contributed by atoms with Gasteiger partial charge < -0.3 is 9.88 Å². The van der Waals surface area contributed by atoms with Crippen LogP contribution < -0.4 is 5.32 Å². The van der Waals surface area contributed by atoms with Crippen molar-refractivity contribution in [2.75, 3.05) is 6.54 Å². The highest BCUT2D eigenvalue weighted by molar-refractivity contribution is 6.31. The Morgan fingerprint density at radius 2 is 2.11 bits per heavy atom. The SMILES string of the molecule is CCNCc1cccn1Cc1ccc(C)cc1Cl. The second-order valence-electron chi connectivity index (χ2n) is 4.50. The van der Waals surface area contributed by atoms with E-state index in [1.807, 2.05) is 6.07 Å². The van der Waals surface area contributed by atoms with Crippen LogP contribution in [0, 0.1) is 6.92 Å². The van der Waals surface area contributed by atoms with E-state index in [0.717, 1.165) is 30.2 Å². The first-order chi connectivity index (χ1) is 8.70. The number of rotatable bonds is 5. The average molecular weight is 263 g/mol. The summed E-state index contributed by atoms with van der Waals surface area (Å²) in [6.07, 6.45) is 2.10. The average Bonchev–Trinajstić information content (AvgIpc) is 2.77. The number of aryl methyl sites for hydroxylation is 1. The summed E-state index contributed by atoms with van der Waals surface area (Å²) in [7, 11) is 0. The van der Waals surface area contributed by atoms with Gasteiger partial charge in [0.2, 0.25) is 0 Å². The van der Waals surface area contributed by atoms with E-state index in [2.05, 4.69) is 54.2 Å². The van der Waals surface area contributed by atoms with Gasteiger partial charge in [-0.05, 0) is 42.8 Å². The Bertz CT molecular complexity index is 517. The predicted octanol–water partition coefficient (Wildman–Crippen LogP) is 3.61. The first-order valence-electron chi connectivity index (χ1n) is 6.30. The van der Waals surface area contributed by atoms with Gasteiger partial charge in [-0.15, -0.1) is 0 Å². The van der Waals surface area contributed by atoms with Crippen LogP contribution in [0.25, 0.3) is 0 Å². The van der Waals surface area contributed by atoms with E-state index >= 15 is 0 Å². The smallest absolute Gasteiger partial charge is 0.0488 e. The summed E-state index contributed by atoms with van der Waals surface area (Å²) in [6, 6.07) is 10.5. The second-order valence-corrected chi connectivity index (χ2v) is 4.91. The molecule has 0 radical (unpaired) electrons. The molecule has 0 atom stereocenters. The molecule has 1 aromatic carbocycles. The number of nitrogens with one attached hydrogen (secondary N) is 1. The molecule has 18 heavy (non-hydrogen) atoms. The third-order valence-electron chi connectivity index (χ3n) is 3.03. The molecule has 0 spiro atoms. The Morgan fingerprint density at radius 3 is 2.83 bits per heavy atom. The van der Waals surface area contributed by atoms with Gasteiger partial charge in [-0.25, -0.2) is 0 Å². The molecular formula is C15H19ClN2. The number of aromatic nitrogens is 1. The van der Waals surface area contributed by atoms with E-state index in [4.69, 9.17) is 11.6 Å². The quantitative estimate of drug-likeness (QED) is 0.871. The van der Waals surface area contributed by atoms with Gasteiger partial charge in [0.15, 0.2) is 0 Å². The zero-order chi connectivity index (χ0) is 13.0. The van der Waals surface area contributed by atoms with E-state index in [1.165, 1.54) is 11.3 Å². The normalized spacial score (nSPS) is 10.8. The monoisotopic (exact) mass is 262 g/mol. The van der Waals surface area contributed by atoms with Crippen LogP contribution in [0.3, 0.4) is 0 Å². The molecule has 1 aromatic heterocycles. The number of hydrogen-bond acceptors (Lipinski definition) is 1. The van der Waals surface area contributed by atoms with Gasteiger partial charge in [0.05, 0.1) is 0 Å². The molecule has 0 unspecified atom stereocenters. The van der Waals surface area contributed by atoms with Crippen LogP contribution in [0.4, 0.5) is 0 Å². The molecule has 1 N–H and O–H groups in total. The van der Waals surface area contributed by atoms with Gasteiger partial charge in [-0.3, -0.25) is 0 Å². The molecular weight excluding hydrogens is 244 g/mol. The van der Waals surface area contributed by atoms with Gasteiger partial charge in [0.1, 0.15) is 0 Å². The minimum Gasteiger partial charge on any atom is -0.346 e. The Balaban J connectivity index is 2.15. The van der Waals surface area contributed by atoms with E-state index in [1.54, 1.807) is 0 Å². The van der Waals surface area contributed by atoms with Crippen LogP contribution in [-0.4, -0.2) is 11.1 Å². The third-order valence-corrected chi connectivity index (χ3v) is 3.38. The molecule has 0 aliphatic carbocycles. The maximum atomic E-state index is 6.27. The van der Waals surface area contributed by atoms with E-state index < -0.39 is 0 Å². The van der Waals surface area contributed by atoms with Crippen molar-refractivity contribution in [1.82, 2.24) is 9.88 Å². The van der Waals surface area contributed by atoms with Crippen LogP contribution in [0.15, 0.2) is 36.5 Å². The summed E-state index contributed by atoms with van der Waals surface area (Å²) in [5, 5.41) is 4.19. The minimum absolute atomic E-state index is 0.826. The second kappa shape index (κ2) is 6.07. The molecule has 0 fully saturated rings. The Labute approximate surface area is 114 Å². The number of nitrogens with zero attached hydrogens (tertiary/aromatic N) is 1. The maximum Gasteiger partial charge on any atom is 0.0488 e. The predicted molar refractivity (Wildman–Crippen MR) is 77.1 cm³/mol. The van der Waals surface area contributed by atoms with Crippen molar-refractivity contribution < 1.29 is 0 Å². The standard InChI is InChI=1S/C15H19ClN2/c1-3-17-10-14-5-4-8-18(14)11-13-7-6-12(2)9-15(13)16/h4-9,17H,3,10-11H2,1-2H3. The first-order valence-corrected chi connectivity index (χ1v) is 6.68. The fourth-order valence-corrected chi connectivity index (χ4v) is 2.28. The molecule has 0 amide bonds. The van der Waals surface area contributed by atoms with Crippen molar-refractivity contribution >= 4 is 11.6 Å². The lowest BCUT2D eigenvalue weighted by molar-refractivity contribution is 0.657. The summed E-state index contributed by atoms with van der Waals surface area (Å²) >= 11 is 6.27. The Kier molecular flexibility index (Phi) is 4.45. The van der Waals surface area contributed by atoms with E-state index in [-0.39, 0.29) is 0 Å². The third kappa shape index (κ3) is 3.15. The van der Waals surface area contributed by atoms with Crippen LogP contribution >= 0.6 is 11.6 Å². The highest BCUT2D eigenvalue weighted by Gasteiger charge is 2.04. The number of halogens is 1. The van der Waals surface area contributed by atoms with Crippen LogP contribution in [0.1, 0.15) is 23.7 Å². The highest BCUT2D eigenvalue weighted by atomic mass is 35.5. The van der Waals surface area contributed by atoms with Crippen molar-refractivity contribution in [2.45, 2.75) is 26.9 Å². The summed E-state index contributed by atoms with van der Waals surface area (Å²) < 4.78 is 2.24. The first kappa shape index (κ1) is 13.2. The number of benzene rings is 1. The van der Waals surface area contributed by atoms with Crippen LogP contribution in [0.2, 0.25) is 5.02 Å². The molecule has 2 aromatic rings. The summed E-state index contributed by atoms with van der Waals surface area (Å²) in [6.45, 7) is 6.88. The molecule has 0 saturated carbocycles. The molecule has 1 heterocycles. The highest BCUT2D eigenvalue weighted by Crippen LogP contribution is 2.19. The zero-order valence-electron chi connectivity index (χ0n) is 10.9. The largest absolute Gasteiger partial charge is 0.346 e. The van der Waals surface area contributed by atoms with Crippen molar-refractivity contribution in [3.05, 3.63) is 58.4 Å². The molecule has 2 nitrogen and oxygen atoms in total. The molecule has 0 saturated heterocycles. The summed E-state index contributed by atoms with van der Waals surface area (Å²) in [4.78, 5) is 0. The zero-order valence-corrected chi connectivity index (χ0v) is 11.7. The minimum atomic E-state index is 0.826. The molecule has 3 heteroatoms. The number of hydrogen-bond donors (Lipinski definition) is 1. The molecule has 0 aliphatic heterocycles. The van der Waals surface area contributed by atoms with Gasteiger partial charge in [-0.1, -0.05) is 30.7 Å². The lowest BCUT2D eigenvalue weighted by Crippen LogP contribution is -2.15. The lowest BCUT2D eigenvalue weighted by Gasteiger charge is -2.11. The van der Waals surface area contributed by atoms with Crippen LogP contribution in [0.5, 0.6) is 0 Å². The summed E-state index contributed by atoms with van der Waals surface area (Å²) in [5.41, 5.74) is 3.65. The van der Waals surface area contributed by atoms with Crippen molar-refractivity contribution in [3.63, 3.8) is 0 Å². The van der Waals surface area contributed by atoms with E-state index in [9.17, 15) is 0 Å². The summed E-state index contributed by atoms with van der Waals surface area (Å²) in [5.74, 6) is 0. The van der Waals surface area contributed by atoms with Gasteiger partial charge >= 0.3 is 0 Å². The van der Waals surface area contributed by atoms with Crippen molar-refractivity contribution in [1.29, 1.82) is 0 Å². The topological polar surface area (TPSA) is 17.0 Å². The Morgan fingerprint density at radius 1 is 1.28 bits per heavy atom. The van der Waals surface area contributed by atoms with Gasteiger partial charge in [0.25, 0.3) is 0 Å². The Hall–Kier alpha value is -1.25. The lowest BCUT2D eigenvalue weighted by atomic mass is 10.1. The van der Waals surface area contributed by atoms with Gasteiger partial charge in [0, 0.05) is 30.0 Å². The molecule has 96 valence electrons. The maximum absolute atomic E-state index is 6.27. The fraction of sp³-hybridized carbons (Fsp3) is 0.333. The molecule has 2 rings (SSSR count). The molecule has 0 aliphatic rings.